The van der Waals surface area contributed by atoms with E-state index >= 15 is 0 Å². The molecule has 0 radical (unpaired) electrons. The van der Waals surface area contributed by atoms with E-state index in [0.717, 1.165) is 24.8 Å². The first-order valence-electron chi connectivity index (χ1n) is 6.68. The maximum absolute atomic E-state index is 11.3. The molecule has 0 heterocycles. The van der Waals surface area contributed by atoms with Crippen LogP contribution in [0.15, 0.2) is 30.3 Å². The minimum absolute atomic E-state index is 0.267. The molecule has 4 heteroatoms. The Morgan fingerprint density at radius 3 is 2.58 bits per heavy atom. The smallest absolute Gasteiger partial charge is 0.309 e. The molecule has 1 aliphatic rings. The summed E-state index contributed by atoms with van der Waals surface area (Å²) in [6.07, 6.45) is 2.68. The highest BCUT2D eigenvalue weighted by molar-refractivity contribution is 5.70. The van der Waals surface area contributed by atoms with Crippen LogP contribution in [0.3, 0.4) is 0 Å². The van der Waals surface area contributed by atoms with E-state index in [1.54, 1.807) is 7.11 Å². The van der Waals surface area contributed by atoms with E-state index in [4.69, 9.17) is 9.47 Å². The summed E-state index contributed by atoms with van der Waals surface area (Å²) in [5.41, 5.74) is 0.916. The van der Waals surface area contributed by atoms with Crippen molar-refractivity contribution in [2.24, 2.45) is 5.92 Å². The van der Waals surface area contributed by atoms with Crippen LogP contribution in [0.2, 0.25) is 0 Å². The lowest BCUT2D eigenvalue weighted by molar-refractivity contribution is -0.188. The highest BCUT2D eigenvalue weighted by Crippen LogP contribution is 2.31. The van der Waals surface area contributed by atoms with Crippen molar-refractivity contribution in [3.63, 3.8) is 0 Å². The molecule has 0 aromatic heterocycles. The van der Waals surface area contributed by atoms with Gasteiger partial charge in [-0.1, -0.05) is 43.2 Å². The molecule has 0 saturated heterocycles. The number of rotatable bonds is 5. The number of carboxylic acid groups (broad SMARTS) is 1. The SMILES string of the molecule is COC(OC1CCCCC1C(=O)O)c1ccccc1. The summed E-state index contributed by atoms with van der Waals surface area (Å²) >= 11 is 0. The summed E-state index contributed by atoms with van der Waals surface area (Å²) in [7, 11) is 1.58. The Bertz CT molecular complexity index is 404. The maximum atomic E-state index is 11.3. The first-order valence-corrected chi connectivity index (χ1v) is 6.68. The second kappa shape index (κ2) is 6.68. The largest absolute Gasteiger partial charge is 0.481 e. The normalized spacial score (nSPS) is 24.9. The van der Waals surface area contributed by atoms with Gasteiger partial charge in [-0.15, -0.1) is 0 Å². The molecule has 104 valence electrons. The quantitative estimate of drug-likeness (QED) is 0.831. The van der Waals surface area contributed by atoms with Crippen LogP contribution in [0.4, 0.5) is 0 Å². The number of hydrogen-bond acceptors (Lipinski definition) is 3. The minimum atomic E-state index is -0.771. The lowest BCUT2D eigenvalue weighted by atomic mass is 9.86. The van der Waals surface area contributed by atoms with Crippen molar-refractivity contribution in [1.29, 1.82) is 0 Å². The van der Waals surface area contributed by atoms with E-state index in [2.05, 4.69) is 0 Å². The molecule has 3 unspecified atom stereocenters. The first-order chi connectivity index (χ1) is 9.22. The highest BCUT2D eigenvalue weighted by Gasteiger charge is 2.33. The summed E-state index contributed by atoms with van der Waals surface area (Å²) in [5, 5.41) is 9.24. The van der Waals surface area contributed by atoms with Crippen molar-refractivity contribution in [1.82, 2.24) is 0 Å². The zero-order valence-corrected chi connectivity index (χ0v) is 11.1. The van der Waals surface area contributed by atoms with Crippen molar-refractivity contribution < 1.29 is 19.4 Å². The third-order valence-electron chi connectivity index (χ3n) is 3.60. The Hall–Kier alpha value is -1.39. The van der Waals surface area contributed by atoms with Crippen LogP contribution in [-0.2, 0) is 14.3 Å². The van der Waals surface area contributed by atoms with Gasteiger partial charge in [0.25, 0.3) is 0 Å². The Labute approximate surface area is 113 Å². The molecule has 1 aliphatic carbocycles. The third kappa shape index (κ3) is 3.55. The van der Waals surface area contributed by atoms with Crippen LogP contribution in [0.5, 0.6) is 0 Å². The molecular formula is C15H20O4. The molecule has 4 nitrogen and oxygen atoms in total. The number of aliphatic carboxylic acids is 1. The summed E-state index contributed by atoms with van der Waals surface area (Å²) in [4.78, 5) is 11.3. The maximum Gasteiger partial charge on any atom is 0.309 e. The van der Waals surface area contributed by atoms with Gasteiger partial charge in [0.1, 0.15) is 0 Å². The summed E-state index contributed by atoms with van der Waals surface area (Å²) < 4.78 is 11.2. The van der Waals surface area contributed by atoms with Gasteiger partial charge in [-0.3, -0.25) is 4.79 Å². The monoisotopic (exact) mass is 264 g/mol. The summed E-state index contributed by atoms with van der Waals surface area (Å²) in [6.45, 7) is 0. The molecule has 1 aromatic carbocycles. The Morgan fingerprint density at radius 2 is 1.95 bits per heavy atom. The third-order valence-corrected chi connectivity index (χ3v) is 3.60. The van der Waals surface area contributed by atoms with Crippen LogP contribution in [0.1, 0.15) is 37.5 Å². The van der Waals surface area contributed by atoms with E-state index in [1.165, 1.54) is 0 Å². The zero-order chi connectivity index (χ0) is 13.7. The van der Waals surface area contributed by atoms with E-state index < -0.39 is 18.2 Å². The van der Waals surface area contributed by atoms with Gasteiger partial charge in [-0.2, -0.15) is 0 Å². The zero-order valence-electron chi connectivity index (χ0n) is 11.1. The molecule has 0 amide bonds. The van der Waals surface area contributed by atoms with Gasteiger partial charge in [0.05, 0.1) is 12.0 Å². The molecule has 0 bridgehead atoms. The molecule has 1 saturated carbocycles. The Balaban J connectivity index is 2.06. The van der Waals surface area contributed by atoms with Crippen molar-refractivity contribution in [3.05, 3.63) is 35.9 Å². The Kier molecular flexibility index (Phi) is 4.93. The second-order valence-corrected chi connectivity index (χ2v) is 4.88. The van der Waals surface area contributed by atoms with Gasteiger partial charge in [0.2, 0.25) is 0 Å². The average Bonchev–Trinajstić information content (AvgIpc) is 2.46. The van der Waals surface area contributed by atoms with Gasteiger partial charge in [0, 0.05) is 12.7 Å². The number of hydrogen-bond donors (Lipinski definition) is 1. The fraction of sp³-hybridized carbons (Fsp3) is 0.533. The van der Waals surface area contributed by atoms with E-state index in [-0.39, 0.29) is 6.10 Å². The molecular weight excluding hydrogens is 244 g/mol. The molecule has 19 heavy (non-hydrogen) atoms. The van der Waals surface area contributed by atoms with Crippen molar-refractivity contribution in [3.8, 4) is 0 Å². The lowest BCUT2D eigenvalue weighted by Crippen LogP contribution is -2.34. The van der Waals surface area contributed by atoms with E-state index in [1.807, 2.05) is 30.3 Å². The van der Waals surface area contributed by atoms with Crippen molar-refractivity contribution in [2.75, 3.05) is 7.11 Å². The molecule has 1 N–H and O–H groups in total. The Morgan fingerprint density at radius 1 is 1.26 bits per heavy atom. The van der Waals surface area contributed by atoms with Crippen LogP contribution in [0, 0.1) is 5.92 Å². The average molecular weight is 264 g/mol. The molecule has 2 rings (SSSR count). The number of carboxylic acids is 1. The molecule has 0 aliphatic heterocycles. The van der Waals surface area contributed by atoms with Gasteiger partial charge in [0.15, 0.2) is 6.29 Å². The predicted octanol–water partition coefficient (Wildman–Crippen LogP) is 2.99. The van der Waals surface area contributed by atoms with Gasteiger partial charge in [-0.05, 0) is 12.8 Å². The van der Waals surface area contributed by atoms with Crippen molar-refractivity contribution in [2.45, 2.75) is 38.1 Å². The van der Waals surface area contributed by atoms with Gasteiger partial charge < -0.3 is 14.6 Å². The number of carbonyl (C=O) groups is 1. The van der Waals surface area contributed by atoms with E-state index in [0.29, 0.717) is 6.42 Å². The van der Waals surface area contributed by atoms with Gasteiger partial charge in [-0.25, -0.2) is 0 Å². The summed E-state index contributed by atoms with van der Waals surface area (Å²) in [5.74, 6) is -1.19. The lowest BCUT2D eigenvalue weighted by Gasteiger charge is -2.31. The number of methoxy groups -OCH3 is 1. The molecule has 3 atom stereocenters. The first kappa shape index (κ1) is 14.0. The topological polar surface area (TPSA) is 55.8 Å². The summed E-state index contributed by atoms with van der Waals surface area (Å²) in [6, 6.07) is 9.61. The van der Waals surface area contributed by atoms with E-state index in [9.17, 15) is 9.90 Å². The number of ether oxygens (including phenoxy) is 2. The van der Waals surface area contributed by atoms with Crippen LogP contribution in [0.25, 0.3) is 0 Å². The highest BCUT2D eigenvalue weighted by atomic mass is 16.7. The van der Waals surface area contributed by atoms with Crippen molar-refractivity contribution >= 4 is 5.97 Å². The standard InChI is InChI=1S/C15H20O4/c1-18-15(11-7-3-2-4-8-11)19-13-10-6-5-9-12(13)14(16)17/h2-4,7-8,12-13,15H,5-6,9-10H2,1H3,(H,16,17). The second-order valence-electron chi connectivity index (χ2n) is 4.88. The fourth-order valence-corrected chi connectivity index (χ4v) is 2.58. The van der Waals surface area contributed by atoms with Crippen LogP contribution < -0.4 is 0 Å². The van der Waals surface area contributed by atoms with Crippen LogP contribution >= 0.6 is 0 Å². The van der Waals surface area contributed by atoms with Crippen LogP contribution in [-0.4, -0.2) is 24.3 Å². The predicted molar refractivity (Wildman–Crippen MR) is 70.7 cm³/mol. The fourth-order valence-electron chi connectivity index (χ4n) is 2.58. The molecule has 1 fully saturated rings. The van der Waals surface area contributed by atoms with Gasteiger partial charge >= 0.3 is 5.97 Å². The minimum Gasteiger partial charge on any atom is -0.481 e. The molecule has 0 spiro atoms. The molecule has 1 aromatic rings. The number of benzene rings is 1.